The number of aliphatic hydroxyl groups is 2. The minimum absolute atomic E-state index is 0.0383. The molecule has 11 amide bonds. The fraction of sp³-hybridized carbons (Fsp3) is 0.817. The number of likely N-dealkylation sites (N-methyl/N-ethyl adjacent to an activating group) is 7. The van der Waals surface area contributed by atoms with Crippen LogP contribution in [0.3, 0.4) is 0 Å². The normalized spacial score (nSPS) is 26.7. The van der Waals surface area contributed by atoms with E-state index in [2.05, 4.69) is 21.3 Å². The molecule has 0 saturated carbocycles. The summed E-state index contributed by atoms with van der Waals surface area (Å²) in [5.74, 6) is -9.38. The Morgan fingerprint density at radius 1 is 0.476 bits per heavy atom. The molecule has 1 saturated heterocycles. The van der Waals surface area contributed by atoms with Crippen molar-refractivity contribution in [2.75, 3.05) is 62.5 Å². The molecule has 1 aliphatic rings. The molecular formula is C60H109N11O13. The van der Waals surface area contributed by atoms with Crippen LogP contribution in [0.25, 0.3) is 0 Å². The number of amides is 11. The highest BCUT2D eigenvalue weighted by Gasteiger charge is 2.44. The number of hydrogen-bond acceptors (Lipinski definition) is 13. The monoisotopic (exact) mass is 1190 g/mol. The van der Waals surface area contributed by atoms with Crippen LogP contribution in [0.4, 0.5) is 0 Å². The third-order valence-corrected chi connectivity index (χ3v) is 15.8. The second-order valence-corrected chi connectivity index (χ2v) is 26.1. The van der Waals surface area contributed by atoms with Crippen LogP contribution in [0.5, 0.6) is 0 Å². The molecular weight excluding hydrogens is 1080 g/mol. The smallest absolute Gasteiger partial charge is 0.246 e. The Kier molecular flexibility index (Phi) is 30.5. The van der Waals surface area contributed by atoms with Crippen LogP contribution in [-0.2, 0) is 52.7 Å². The highest BCUT2D eigenvalue weighted by molar-refractivity contribution is 5.99. The summed E-state index contributed by atoms with van der Waals surface area (Å²) < 4.78 is 0. The van der Waals surface area contributed by atoms with E-state index in [9.17, 15) is 53.4 Å². The molecule has 0 radical (unpaired) electrons. The fourth-order valence-corrected chi connectivity index (χ4v) is 10.5. The number of rotatable bonds is 15. The van der Waals surface area contributed by atoms with Gasteiger partial charge < -0.3 is 65.8 Å². The maximum atomic E-state index is 15.0. The van der Waals surface area contributed by atoms with Crippen molar-refractivity contribution in [1.82, 2.24) is 55.6 Å². The molecule has 0 aromatic carbocycles. The van der Waals surface area contributed by atoms with Gasteiger partial charge in [0.2, 0.25) is 65.0 Å². The molecule has 6 N–H and O–H groups in total. The zero-order chi connectivity index (χ0) is 65.3. The largest absolute Gasteiger partial charge is 0.396 e. The molecule has 24 heteroatoms. The highest BCUT2D eigenvalue weighted by Crippen LogP contribution is 2.25. The summed E-state index contributed by atoms with van der Waals surface area (Å²) >= 11 is 0. The van der Waals surface area contributed by atoms with E-state index < -0.39 is 149 Å². The summed E-state index contributed by atoms with van der Waals surface area (Å²) in [6, 6.07) is -12.2. The van der Waals surface area contributed by atoms with Gasteiger partial charge in [0.25, 0.3) is 0 Å². The van der Waals surface area contributed by atoms with Crippen molar-refractivity contribution in [3.8, 4) is 0 Å². The van der Waals surface area contributed by atoms with Crippen LogP contribution >= 0.6 is 0 Å². The van der Waals surface area contributed by atoms with Gasteiger partial charge in [-0.1, -0.05) is 83.1 Å². The van der Waals surface area contributed by atoms with Crippen LogP contribution in [-0.4, -0.2) is 238 Å². The lowest BCUT2D eigenvalue weighted by Gasteiger charge is -2.41. The van der Waals surface area contributed by atoms with Crippen LogP contribution in [0.1, 0.15) is 156 Å². The summed E-state index contributed by atoms with van der Waals surface area (Å²) in [6.07, 6.45) is 0.492. The molecule has 0 bridgehead atoms. The SMILES string of the molecule is CC[C@@H]1NC(=O)C(C[C@H](C)CCO)N(C)C(=O)C(C(C)C)N(C)C(=O)[C@H](CC(C)C)N(C)C(=O)[C@H](CC(C)C)N(C)C(=O)[C@@H](C)NC(=O)[C@H](C)NC(=O)[C@H](CC(C)C)N(C)C(=O)C(C(C)C)NC(=O)[C@H](CC(C)(C)O)N(C)C(=O)CN(C)C1=O. The van der Waals surface area contributed by atoms with Crippen LogP contribution in [0.2, 0.25) is 0 Å². The standard InChI is InChI=1S/C60H109N11O13/c1-24-41-55(79)65(17)32-47(73)66(18)46(31-60(15,16)84)53(77)64-48(36(8)9)58(82)67(19)42(27-33(2)3)51(75)61-39(13)50(74)62-40(14)54(78)69(21)44(28-34(4)5)56(80)70(22)45(29-35(6)7)57(81)71(23)49(37(10)11)59(83)68(20)43(52(76)63-41)30-38(12)25-26-72/h33-46,48-49,72,84H,24-32H2,1-23H3,(H,61,75)(H,62,74)(H,63,76)(H,64,77)/t38-,39+,40-,41+,42+,43?,44+,45+,46+,48?,49?/m1/s1. The maximum Gasteiger partial charge on any atom is 0.246 e. The summed E-state index contributed by atoms with van der Waals surface area (Å²) in [5, 5.41) is 31.9. The molecule has 0 aromatic rings. The molecule has 1 heterocycles. The summed E-state index contributed by atoms with van der Waals surface area (Å²) in [5.41, 5.74) is -1.54. The first-order valence-electron chi connectivity index (χ1n) is 30.0. The van der Waals surface area contributed by atoms with Gasteiger partial charge in [0.15, 0.2) is 0 Å². The number of hydrogen-bond donors (Lipinski definition) is 6. The molecule has 11 atom stereocenters. The Morgan fingerprint density at radius 2 is 0.893 bits per heavy atom. The van der Waals surface area contributed by atoms with Crippen LogP contribution in [0, 0.1) is 35.5 Å². The molecule has 482 valence electrons. The lowest BCUT2D eigenvalue weighted by molar-refractivity contribution is -0.156. The number of carbonyl (C=O) groups is 11. The number of nitrogens with zero attached hydrogens (tertiary/aromatic N) is 7. The second kappa shape index (κ2) is 33.7. The van der Waals surface area contributed by atoms with Gasteiger partial charge in [0, 0.05) is 62.4 Å². The second-order valence-electron chi connectivity index (χ2n) is 26.1. The number of carbonyl (C=O) groups excluding carboxylic acids is 11. The van der Waals surface area contributed by atoms with Crippen LogP contribution < -0.4 is 21.3 Å². The third kappa shape index (κ3) is 21.9. The van der Waals surface area contributed by atoms with Gasteiger partial charge in [-0.2, -0.15) is 0 Å². The Morgan fingerprint density at radius 3 is 1.35 bits per heavy atom. The van der Waals surface area contributed by atoms with Crippen molar-refractivity contribution in [1.29, 1.82) is 0 Å². The summed E-state index contributed by atoms with van der Waals surface area (Å²) in [7, 11) is 9.86. The molecule has 24 nitrogen and oxygen atoms in total. The van der Waals surface area contributed by atoms with E-state index in [1.54, 1.807) is 41.5 Å². The van der Waals surface area contributed by atoms with E-state index in [1.807, 2.05) is 41.5 Å². The molecule has 3 unspecified atom stereocenters. The zero-order valence-corrected chi connectivity index (χ0v) is 55.1. The molecule has 0 aromatic heterocycles. The van der Waals surface area contributed by atoms with E-state index >= 15 is 9.59 Å². The Labute approximate surface area is 501 Å². The fourth-order valence-electron chi connectivity index (χ4n) is 10.5. The predicted octanol–water partition coefficient (Wildman–Crippen LogP) is 1.83. The van der Waals surface area contributed by atoms with E-state index in [4.69, 9.17) is 0 Å². The average molecular weight is 1190 g/mol. The van der Waals surface area contributed by atoms with Gasteiger partial charge in [0.1, 0.15) is 60.4 Å². The Balaban J connectivity index is 4.28. The molecule has 1 aliphatic heterocycles. The topological polar surface area (TPSA) is 299 Å². The predicted molar refractivity (Wildman–Crippen MR) is 321 cm³/mol. The quantitative estimate of drug-likeness (QED) is 0.137. The van der Waals surface area contributed by atoms with Crippen molar-refractivity contribution in [3.63, 3.8) is 0 Å². The van der Waals surface area contributed by atoms with Gasteiger partial charge in [-0.25, -0.2) is 0 Å². The van der Waals surface area contributed by atoms with Gasteiger partial charge in [-0.15, -0.1) is 0 Å². The van der Waals surface area contributed by atoms with Crippen molar-refractivity contribution < 1.29 is 63.0 Å². The molecule has 0 aliphatic carbocycles. The van der Waals surface area contributed by atoms with Gasteiger partial charge in [-0.05, 0) is 102 Å². The Bertz CT molecular complexity index is 2270. The molecule has 0 spiro atoms. The van der Waals surface area contributed by atoms with Crippen molar-refractivity contribution in [2.24, 2.45) is 35.5 Å². The summed E-state index contributed by atoms with van der Waals surface area (Å²) in [4.78, 5) is 168. The van der Waals surface area contributed by atoms with Gasteiger partial charge >= 0.3 is 0 Å². The minimum atomic E-state index is -1.54. The first-order chi connectivity index (χ1) is 38.6. The van der Waals surface area contributed by atoms with Gasteiger partial charge in [-0.3, -0.25) is 52.7 Å². The third-order valence-electron chi connectivity index (χ3n) is 15.8. The lowest BCUT2D eigenvalue weighted by Crippen LogP contribution is -2.61. The van der Waals surface area contributed by atoms with Crippen molar-refractivity contribution >= 4 is 65.0 Å². The number of nitrogens with one attached hydrogen (secondary N) is 4. The van der Waals surface area contributed by atoms with E-state index in [-0.39, 0.29) is 75.2 Å². The number of aliphatic hydroxyl groups excluding tert-OH is 1. The summed E-state index contributed by atoms with van der Waals surface area (Å²) in [6.45, 7) is 26.4. The van der Waals surface area contributed by atoms with E-state index in [1.165, 1.54) is 102 Å². The molecule has 1 fully saturated rings. The van der Waals surface area contributed by atoms with Gasteiger partial charge in [0.05, 0.1) is 12.1 Å². The molecule has 84 heavy (non-hydrogen) atoms. The minimum Gasteiger partial charge on any atom is -0.396 e. The van der Waals surface area contributed by atoms with E-state index in [0.29, 0.717) is 0 Å². The molecule has 1 rings (SSSR count). The average Bonchev–Trinajstić information content (AvgIpc) is 3.61. The maximum absolute atomic E-state index is 15.0. The van der Waals surface area contributed by atoms with Crippen LogP contribution in [0.15, 0.2) is 0 Å². The van der Waals surface area contributed by atoms with Crippen molar-refractivity contribution in [3.05, 3.63) is 0 Å². The lowest BCUT2D eigenvalue weighted by atomic mass is 9.94. The first-order valence-corrected chi connectivity index (χ1v) is 30.0. The van der Waals surface area contributed by atoms with E-state index in [0.717, 1.165) is 9.80 Å². The Hall–Kier alpha value is -5.91. The first kappa shape index (κ1) is 76.1. The highest BCUT2D eigenvalue weighted by atomic mass is 16.3. The zero-order valence-electron chi connectivity index (χ0n) is 55.1. The van der Waals surface area contributed by atoms with Crippen molar-refractivity contribution in [2.45, 2.75) is 222 Å².